The Balaban J connectivity index is 1.86. The molecule has 1 aromatic carbocycles. The van der Waals surface area contributed by atoms with Crippen molar-refractivity contribution in [2.24, 2.45) is 5.92 Å². The molecule has 0 aromatic heterocycles. The van der Waals surface area contributed by atoms with Crippen molar-refractivity contribution in [2.45, 2.75) is 46.1 Å². The summed E-state index contributed by atoms with van der Waals surface area (Å²) < 4.78 is 5.65. The topological polar surface area (TPSA) is 53.0 Å². The van der Waals surface area contributed by atoms with Gasteiger partial charge in [0, 0.05) is 18.7 Å². The highest BCUT2D eigenvalue weighted by Crippen LogP contribution is 2.40. The van der Waals surface area contributed by atoms with E-state index in [9.17, 15) is 9.90 Å². The molecule has 0 unspecified atom stereocenters. The summed E-state index contributed by atoms with van der Waals surface area (Å²) in [5.74, 6) is 1.22. The third kappa shape index (κ3) is 4.19. The van der Waals surface area contributed by atoms with Gasteiger partial charge in [0.2, 0.25) is 5.91 Å². The molecule has 5 heteroatoms. The van der Waals surface area contributed by atoms with Crippen LogP contribution in [-0.2, 0) is 4.79 Å². The summed E-state index contributed by atoms with van der Waals surface area (Å²) in [7, 11) is 0. The number of hydrogen-bond acceptors (Lipinski definition) is 4. The average Bonchev–Trinajstić information content (AvgIpc) is 2.62. The maximum atomic E-state index is 13.3. The number of nitrogens with zero attached hydrogens (tertiary/aromatic N) is 2. The zero-order chi connectivity index (χ0) is 19.6. The molecule has 0 bridgehead atoms. The number of ether oxygens (including phenoxy) is 1. The summed E-state index contributed by atoms with van der Waals surface area (Å²) in [5, 5.41) is 9.46. The number of benzene rings is 1. The molecule has 0 spiro atoms. The van der Waals surface area contributed by atoms with E-state index in [1.54, 1.807) is 0 Å². The normalized spacial score (nSPS) is 22.2. The van der Waals surface area contributed by atoms with Gasteiger partial charge in [0.1, 0.15) is 5.75 Å². The summed E-state index contributed by atoms with van der Waals surface area (Å²) in [4.78, 5) is 17.4. The third-order valence-electron chi connectivity index (χ3n) is 5.56. The van der Waals surface area contributed by atoms with Crippen LogP contribution in [0.25, 0.3) is 5.57 Å². The predicted octanol–water partition coefficient (Wildman–Crippen LogP) is 3.32. The van der Waals surface area contributed by atoms with E-state index < -0.39 is 0 Å². The van der Waals surface area contributed by atoms with E-state index in [0.717, 1.165) is 42.9 Å². The van der Waals surface area contributed by atoms with Gasteiger partial charge in [-0.3, -0.25) is 9.69 Å². The Morgan fingerprint density at radius 1 is 1.37 bits per heavy atom. The Hall–Kier alpha value is -1.85. The molecule has 2 aliphatic heterocycles. The summed E-state index contributed by atoms with van der Waals surface area (Å²) in [5.41, 5.74) is 2.79. The fraction of sp³-hybridized carbons (Fsp3) is 0.591. The van der Waals surface area contributed by atoms with Crippen LogP contribution in [0.15, 0.2) is 24.3 Å². The van der Waals surface area contributed by atoms with Crippen molar-refractivity contribution in [3.05, 3.63) is 29.8 Å². The highest BCUT2D eigenvalue weighted by atomic mass is 16.5. The first-order valence-corrected chi connectivity index (χ1v) is 9.98. The van der Waals surface area contributed by atoms with Gasteiger partial charge in [-0.1, -0.05) is 6.08 Å². The van der Waals surface area contributed by atoms with E-state index in [1.807, 2.05) is 30.0 Å². The molecular formula is C22H32N2O3. The summed E-state index contributed by atoms with van der Waals surface area (Å²) in [6.45, 7) is 11.2. The van der Waals surface area contributed by atoms with Crippen molar-refractivity contribution in [1.29, 1.82) is 0 Å². The van der Waals surface area contributed by atoms with Crippen molar-refractivity contribution in [2.75, 3.05) is 37.7 Å². The predicted molar refractivity (Wildman–Crippen MR) is 109 cm³/mol. The molecule has 2 aliphatic rings. The standard InChI is InChI=1S/C22H32N2O3/c1-5-27-18-8-9-20-19(11-18)16(2)12-22(3,4)24(20)21(26)14-23-10-6-7-17(13-23)15-25/h8-9,11-12,17,25H,5-7,10,13-15H2,1-4H3/t17-/m0/s1. The Bertz CT molecular complexity index is 726. The lowest BCUT2D eigenvalue weighted by molar-refractivity contribution is -0.121. The lowest BCUT2D eigenvalue weighted by atomic mass is 9.88. The number of aliphatic hydroxyl groups is 1. The van der Waals surface area contributed by atoms with Crippen LogP contribution in [-0.4, -0.2) is 54.3 Å². The second-order valence-electron chi connectivity index (χ2n) is 8.25. The van der Waals surface area contributed by atoms with E-state index >= 15 is 0 Å². The SMILES string of the molecule is CCOc1ccc2c(c1)C(C)=CC(C)(C)N2C(=O)CN1CCC[C@H](CO)C1. The van der Waals surface area contributed by atoms with Crippen molar-refractivity contribution in [3.8, 4) is 5.75 Å². The molecule has 1 aromatic rings. The van der Waals surface area contributed by atoms with Gasteiger partial charge < -0.3 is 14.7 Å². The van der Waals surface area contributed by atoms with Crippen molar-refractivity contribution in [1.82, 2.24) is 4.90 Å². The molecule has 0 aliphatic carbocycles. The molecule has 1 saturated heterocycles. The molecule has 1 fully saturated rings. The van der Waals surface area contributed by atoms with E-state index in [4.69, 9.17) is 4.74 Å². The monoisotopic (exact) mass is 372 g/mol. The summed E-state index contributed by atoms with van der Waals surface area (Å²) in [6, 6.07) is 5.98. The zero-order valence-corrected chi connectivity index (χ0v) is 17.0. The molecule has 1 atom stereocenters. The van der Waals surface area contributed by atoms with Gasteiger partial charge in [-0.05, 0) is 76.8 Å². The molecule has 0 saturated carbocycles. The van der Waals surface area contributed by atoms with E-state index in [-0.39, 0.29) is 24.0 Å². The van der Waals surface area contributed by atoms with E-state index in [1.165, 1.54) is 5.57 Å². The fourth-order valence-corrected chi connectivity index (χ4v) is 4.43. The summed E-state index contributed by atoms with van der Waals surface area (Å²) >= 11 is 0. The van der Waals surface area contributed by atoms with Gasteiger partial charge in [0.25, 0.3) is 0 Å². The molecule has 27 heavy (non-hydrogen) atoms. The number of rotatable bonds is 5. The lowest BCUT2D eigenvalue weighted by Gasteiger charge is -2.43. The first-order chi connectivity index (χ1) is 12.9. The molecule has 1 N–H and O–H groups in total. The fourth-order valence-electron chi connectivity index (χ4n) is 4.43. The van der Waals surface area contributed by atoms with Crippen LogP contribution in [0, 0.1) is 5.92 Å². The zero-order valence-electron chi connectivity index (χ0n) is 17.0. The number of piperidine rings is 1. The van der Waals surface area contributed by atoms with Crippen LogP contribution in [0.1, 0.15) is 46.1 Å². The minimum absolute atomic E-state index is 0.104. The van der Waals surface area contributed by atoms with Crippen LogP contribution in [0.3, 0.4) is 0 Å². The van der Waals surface area contributed by atoms with Crippen LogP contribution < -0.4 is 9.64 Å². The lowest BCUT2D eigenvalue weighted by Crippen LogP contribution is -2.53. The molecule has 0 radical (unpaired) electrons. The Morgan fingerprint density at radius 2 is 2.15 bits per heavy atom. The van der Waals surface area contributed by atoms with Crippen LogP contribution in [0.4, 0.5) is 5.69 Å². The number of carbonyl (C=O) groups excluding carboxylic acids is 1. The molecular weight excluding hydrogens is 340 g/mol. The molecule has 148 valence electrons. The maximum absolute atomic E-state index is 13.3. The van der Waals surface area contributed by atoms with Gasteiger partial charge in [0.05, 0.1) is 24.4 Å². The number of allylic oxidation sites excluding steroid dienone is 1. The highest BCUT2D eigenvalue weighted by molar-refractivity contribution is 6.01. The van der Waals surface area contributed by atoms with E-state index in [2.05, 4.69) is 31.7 Å². The molecule has 5 nitrogen and oxygen atoms in total. The second kappa shape index (κ2) is 8.03. The molecule has 3 rings (SSSR count). The number of likely N-dealkylation sites (tertiary alicyclic amines) is 1. The number of anilines is 1. The molecule has 1 amide bonds. The van der Waals surface area contributed by atoms with Crippen molar-refractivity contribution >= 4 is 17.2 Å². The second-order valence-corrected chi connectivity index (χ2v) is 8.25. The van der Waals surface area contributed by atoms with Crippen LogP contribution >= 0.6 is 0 Å². The largest absolute Gasteiger partial charge is 0.494 e. The Labute approximate surface area is 162 Å². The summed E-state index contributed by atoms with van der Waals surface area (Å²) in [6.07, 6.45) is 4.24. The van der Waals surface area contributed by atoms with Gasteiger partial charge in [-0.15, -0.1) is 0 Å². The van der Waals surface area contributed by atoms with Crippen molar-refractivity contribution < 1.29 is 14.6 Å². The van der Waals surface area contributed by atoms with Gasteiger partial charge in [-0.2, -0.15) is 0 Å². The smallest absolute Gasteiger partial charge is 0.241 e. The van der Waals surface area contributed by atoms with E-state index in [0.29, 0.717) is 13.2 Å². The van der Waals surface area contributed by atoms with Gasteiger partial charge in [0.15, 0.2) is 0 Å². The molecule has 2 heterocycles. The van der Waals surface area contributed by atoms with Gasteiger partial charge >= 0.3 is 0 Å². The van der Waals surface area contributed by atoms with Crippen molar-refractivity contribution in [3.63, 3.8) is 0 Å². The first kappa shape index (κ1) is 19.9. The number of fused-ring (bicyclic) bond motifs is 1. The van der Waals surface area contributed by atoms with Crippen LogP contribution in [0.5, 0.6) is 5.75 Å². The highest BCUT2D eigenvalue weighted by Gasteiger charge is 2.36. The third-order valence-corrected chi connectivity index (χ3v) is 5.56. The number of hydrogen-bond donors (Lipinski definition) is 1. The first-order valence-electron chi connectivity index (χ1n) is 9.98. The van der Waals surface area contributed by atoms with Crippen LogP contribution in [0.2, 0.25) is 0 Å². The number of carbonyl (C=O) groups is 1. The minimum Gasteiger partial charge on any atom is -0.494 e. The Kier molecular flexibility index (Phi) is 5.92. The minimum atomic E-state index is -0.381. The average molecular weight is 373 g/mol. The maximum Gasteiger partial charge on any atom is 0.241 e. The van der Waals surface area contributed by atoms with Gasteiger partial charge in [-0.25, -0.2) is 0 Å². The number of amides is 1. The number of aliphatic hydroxyl groups excluding tert-OH is 1. The Morgan fingerprint density at radius 3 is 2.85 bits per heavy atom. The quantitative estimate of drug-likeness (QED) is 0.861.